The lowest BCUT2D eigenvalue weighted by Gasteiger charge is -2.26. The fourth-order valence-electron chi connectivity index (χ4n) is 9.08. The number of benzene rings is 3. The van der Waals surface area contributed by atoms with E-state index in [-0.39, 0.29) is 109 Å². The second kappa shape index (κ2) is 37.9. The van der Waals surface area contributed by atoms with E-state index in [1.807, 2.05) is 6.07 Å². The molecule has 0 atom stereocenters. The SMILES string of the molecule is [C-]#[N+]C(C#N)=C1Sc2c(OC(=O)C3CCC(C(=O)Oc4ccc(CCOC(=O)CCC(=O)OCCOCCOC(=O)C=C)cc4)CC3)ccc(OC(=O)C3CCC(C(=O)Oc4ccc(CCOC(=O)CCC(=O)OCCOCCOC(=O)C=C)cc4)CC3)c2S1. The van der Waals surface area contributed by atoms with Crippen molar-refractivity contribution in [3.05, 3.63) is 118 Å². The molecule has 2 aliphatic carbocycles. The minimum atomic E-state index is -0.592. The summed E-state index contributed by atoms with van der Waals surface area (Å²) >= 11 is 2.11. The Labute approximate surface area is 527 Å². The average molecular weight is 1280 g/mol. The van der Waals surface area contributed by atoms with Gasteiger partial charge in [0.15, 0.2) is 0 Å². The normalized spacial score (nSPS) is 16.4. The monoisotopic (exact) mass is 1280 g/mol. The number of nitriles is 1. The number of carbonyl (C=O) groups excluding carboxylic acids is 10. The summed E-state index contributed by atoms with van der Waals surface area (Å²) in [5.41, 5.74) is 1.43. The number of hydrogen-bond acceptors (Lipinski definition) is 25. The van der Waals surface area contributed by atoms with Crippen LogP contribution in [0.1, 0.15) is 88.2 Å². The van der Waals surface area contributed by atoms with Gasteiger partial charge in [-0.25, -0.2) is 19.7 Å². The Morgan fingerprint density at radius 3 is 1.08 bits per heavy atom. The molecule has 24 nitrogen and oxygen atoms in total. The van der Waals surface area contributed by atoms with Crippen LogP contribution in [0.5, 0.6) is 23.0 Å². The van der Waals surface area contributed by atoms with Gasteiger partial charge in [0, 0.05) is 25.0 Å². The Kier molecular flexibility index (Phi) is 29.6. The Morgan fingerprint density at radius 1 is 0.456 bits per heavy atom. The summed E-state index contributed by atoms with van der Waals surface area (Å²) < 4.78 is 64.0. The highest BCUT2D eigenvalue weighted by molar-refractivity contribution is 8.24. The first-order chi connectivity index (χ1) is 43.5. The van der Waals surface area contributed by atoms with Crippen LogP contribution >= 0.6 is 23.5 Å². The van der Waals surface area contributed by atoms with E-state index < -0.39 is 83.4 Å². The number of fused-ring (bicyclic) bond motifs is 1. The molecule has 1 heterocycles. The molecule has 0 radical (unpaired) electrons. The molecular formula is C64H68N2O22S2. The molecule has 2 saturated carbocycles. The zero-order valence-electron chi connectivity index (χ0n) is 49.3. The number of thioether (sulfide) groups is 2. The van der Waals surface area contributed by atoms with E-state index in [4.69, 9.17) is 63.4 Å². The van der Waals surface area contributed by atoms with E-state index in [9.17, 15) is 53.2 Å². The molecule has 0 bridgehead atoms. The largest absolute Gasteiger partial charge is 0.465 e. The molecule has 90 heavy (non-hydrogen) atoms. The molecule has 478 valence electrons. The first-order valence-electron chi connectivity index (χ1n) is 29.0. The summed E-state index contributed by atoms with van der Waals surface area (Å²) in [5, 5.41) is 9.72. The first-order valence-corrected chi connectivity index (χ1v) is 30.6. The van der Waals surface area contributed by atoms with Gasteiger partial charge < -0.3 is 56.8 Å². The van der Waals surface area contributed by atoms with Gasteiger partial charge in [0.1, 0.15) is 49.4 Å². The van der Waals surface area contributed by atoms with Crippen molar-refractivity contribution in [3.8, 4) is 29.1 Å². The second-order valence-electron chi connectivity index (χ2n) is 20.2. The number of carbonyl (C=O) groups is 10. The summed E-state index contributed by atoms with van der Waals surface area (Å²) in [6.07, 6.45) is 4.95. The highest BCUT2D eigenvalue weighted by Gasteiger charge is 2.37. The van der Waals surface area contributed by atoms with Crippen LogP contribution in [0.15, 0.2) is 106 Å². The fraction of sp³-hybridized carbons (Fsp3) is 0.438. The van der Waals surface area contributed by atoms with Gasteiger partial charge in [0.25, 0.3) is 5.70 Å². The number of ether oxygens (including phenoxy) is 12. The zero-order valence-corrected chi connectivity index (χ0v) is 50.9. The lowest BCUT2D eigenvalue weighted by Crippen LogP contribution is -2.30. The molecule has 26 heteroatoms. The van der Waals surface area contributed by atoms with Crippen LogP contribution < -0.4 is 18.9 Å². The van der Waals surface area contributed by atoms with Crippen LogP contribution in [-0.4, -0.2) is 126 Å². The Balaban J connectivity index is 0.870. The minimum Gasteiger partial charge on any atom is -0.465 e. The van der Waals surface area contributed by atoms with Crippen LogP contribution in [0.4, 0.5) is 0 Å². The van der Waals surface area contributed by atoms with E-state index >= 15 is 0 Å². The summed E-state index contributed by atoms with van der Waals surface area (Å²) in [5.74, 6) is -6.51. The quantitative estimate of drug-likeness (QED) is 0.0103. The van der Waals surface area contributed by atoms with Crippen molar-refractivity contribution < 1.29 is 105 Å². The molecule has 3 aromatic rings. The zero-order chi connectivity index (χ0) is 64.6. The molecule has 0 unspecified atom stereocenters. The summed E-state index contributed by atoms with van der Waals surface area (Å²) in [6.45, 7) is 14.7. The predicted molar refractivity (Wildman–Crippen MR) is 317 cm³/mol. The summed E-state index contributed by atoms with van der Waals surface area (Å²) in [6, 6.07) is 18.3. The molecule has 6 rings (SSSR count). The smallest absolute Gasteiger partial charge is 0.330 e. The highest BCUT2D eigenvalue weighted by Crippen LogP contribution is 2.59. The van der Waals surface area contributed by atoms with Crippen LogP contribution in [-0.2, 0) is 98.7 Å². The van der Waals surface area contributed by atoms with Crippen molar-refractivity contribution in [3.63, 3.8) is 0 Å². The van der Waals surface area contributed by atoms with Gasteiger partial charge in [0.2, 0.25) is 0 Å². The lowest BCUT2D eigenvalue weighted by atomic mass is 9.82. The van der Waals surface area contributed by atoms with E-state index in [2.05, 4.69) is 18.0 Å². The molecule has 0 amide bonds. The first kappa shape index (κ1) is 70.3. The molecule has 2 fully saturated rings. The molecule has 0 aromatic heterocycles. The van der Waals surface area contributed by atoms with Crippen molar-refractivity contribution in [1.29, 1.82) is 5.26 Å². The molecule has 3 aliphatic rings. The third kappa shape index (κ3) is 23.9. The number of allylic oxidation sites excluding steroid dienone is 1. The number of nitrogens with zero attached hydrogens (tertiary/aromatic N) is 2. The molecule has 0 N–H and O–H groups in total. The third-order valence-electron chi connectivity index (χ3n) is 14.0. The average Bonchev–Trinajstić information content (AvgIpc) is 1.64. The van der Waals surface area contributed by atoms with Crippen LogP contribution in [0, 0.1) is 41.6 Å². The fourth-order valence-corrected chi connectivity index (χ4v) is 11.5. The van der Waals surface area contributed by atoms with Crippen molar-refractivity contribution in [2.24, 2.45) is 23.7 Å². The predicted octanol–water partition coefficient (Wildman–Crippen LogP) is 8.44. The van der Waals surface area contributed by atoms with Gasteiger partial charge in [0.05, 0.1) is 116 Å². The minimum absolute atomic E-state index is 0.0296. The molecule has 0 saturated heterocycles. The topological polar surface area (TPSA) is 310 Å². The van der Waals surface area contributed by atoms with Gasteiger partial charge in [-0.05, 0) is 98.9 Å². The number of hydrogen-bond donors (Lipinski definition) is 0. The lowest BCUT2D eigenvalue weighted by molar-refractivity contribution is -0.151. The molecule has 3 aromatic carbocycles. The van der Waals surface area contributed by atoms with Gasteiger partial charge >= 0.3 is 59.7 Å². The second-order valence-corrected chi connectivity index (χ2v) is 22.5. The van der Waals surface area contributed by atoms with Gasteiger partial charge in [-0.1, -0.05) is 60.9 Å². The standard InChI is InChI=1S/C64H68N2O22S2/c1-4-52(67)81-36-32-77-34-38-83-56(71)26-24-54(69)79-30-28-41-6-18-47(19-7-41)85-60(73)43-10-14-45(15-11-43)62(75)87-50-22-23-51(59-58(50)89-64(90-59)49(40-65)66-3)88-63(76)46-16-12-44(13-17-46)61(74)86-48-20-8-42(9-21-48)29-31-80-55(70)25-27-57(72)84-39-35-78-33-37-82-53(68)5-2/h4-9,18-23,43-46H,1-2,10-17,24-39H2. The molecular weight excluding hydrogens is 1210 g/mol. The van der Waals surface area contributed by atoms with Crippen molar-refractivity contribution in [1.82, 2.24) is 0 Å². The van der Waals surface area contributed by atoms with E-state index in [1.54, 1.807) is 48.5 Å². The van der Waals surface area contributed by atoms with Gasteiger partial charge in [-0.2, -0.15) is 0 Å². The Morgan fingerprint density at radius 2 is 0.767 bits per heavy atom. The van der Waals surface area contributed by atoms with Crippen molar-refractivity contribution >= 4 is 83.2 Å². The maximum Gasteiger partial charge on any atom is 0.330 e. The number of esters is 10. The van der Waals surface area contributed by atoms with E-state index in [1.165, 1.54) is 12.1 Å². The van der Waals surface area contributed by atoms with Gasteiger partial charge in [-0.15, -0.1) is 0 Å². The van der Waals surface area contributed by atoms with Crippen molar-refractivity contribution in [2.75, 3.05) is 66.1 Å². The van der Waals surface area contributed by atoms with Crippen molar-refractivity contribution in [2.45, 2.75) is 99.7 Å². The van der Waals surface area contributed by atoms with Crippen LogP contribution in [0.25, 0.3) is 4.85 Å². The highest BCUT2D eigenvalue weighted by atomic mass is 32.2. The summed E-state index contributed by atoms with van der Waals surface area (Å²) in [4.78, 5) is 128. The van der Waals surface area contributed by atoms with Crippen LogP contribution in [0.2, 0.25) is 0 Å². The summed E-state index contributed by atoms with van der Waals surface area (Å²) in [7, 11) is 0. The Bertz CT molecular complexity index is 2960. The maximum absolute atomic E-state index is 13.7. The maximum atomic E-state index is 13.7. The molecule has 0 spiro atoms. The van der Waals surface area contributed by atoms with E-state index in [0.717, 1.165) is 46.8 Å². The number of rotatable bonds is 34. The molecule has 1 aliphatic heterocycles. The third-order valence-corrected chi connectivity index (χ3v) is 16.6. The Hall–Kier alpha value is -8.82. The van der Waals surface area contributed by atoms with E-state index in [0.29, 0.717) is 89.7 Å². The van der Waals surface area contributed by atoms with Gasteiger partial charge in [-0.3, -0.25) is 38.4 Å². The van der Waals surface area contributed by atoms with Crippen LogP contribution in [0.3, 0.4) is 0 Å².